The third-order valence-corrected chi connectivity index (χ3v) is 6.39. The number of hydrogen-bond donors (Lipinski definition) is 2. The van der Waals surface area contributed by atoms with Crippen LogP contribution in [0.1, 0.15) is 27.3 Å². The molecule has 1 saturated heterocycles. The van der Waals surface area contributed by atoms with Crippen molar-refractivity contribution in [3.8, 4) is 0 Å². The summed E-state index contributed by atoms with van der Waals surface area (Å²) in [6.07, 6.45) is 0. The topological polar surface area (TPSA) is 71.4 Å². The Morgan fingerprint density at radius 2 is 2.00 bits per heavy atom. The highest BCUT2D eigenvalue weighted by Crippen LogP contribution is 2.32. The molecular weight excluding hydrogens is 428 g/mol. The number of likely N-dealkylation sites (tertiary alicyclic amines) is 1. The second-order valence-electron chi connectivity index (χ2n) is 8.39. The van der Waals surface area contributed by atoms with Crippen molar-refractivity contribution in [2.45, 2.75) is 33.0 Å². The Balaban J connectivity index is 1.75. The number of nitrogens with one attached hydrogen (secondary N) is 2. The number of halogens is 2. The lowest BCUT2D eigenvalue weighted by molar-refractivity contribution is 0.0571. The molecule has 0 atom stereocenters. The summed E-state index contributed by atoms with van der Waals surface area (Å²) in [4.78, 5) is 19.5. The SMILES string of the molecule is CNC1CN(C(=O)c2cc3c(C)c(C)n(CCOC)c3c(NCc3ccc(F)cc3F)n2)C1. The second kappa shape index (κ2) is 9.44. The predicted octanol–water partition coefficient (Wildman–Crippen LogP) is 3.23. The number of carbonyl (C=O) groups is 1. The van der Waals surface area contributed by atoms with Gasteiger partial charge in [-0.3, -0.25) is 4.79 Å². The summed E-state index contributed by atoms with van der Waals surface area (Å²) in [5.74, 6) is -0.913. The molecule has 2 N–H and O–H groups in total. The van der Waals surface area contributed by atoms with Crippen molar-refractivity contribution >= 4 is 22.6 Å². The third kappa shape index (κ3) is 4.43. The van der Waals surface area contributed by atoms with Crippen LogP contribution in [0.15, 0.2) is 24.3 Å². The minimum Gasteiger partial charge on any atom is -0.383 e. The van der Waals surface area contributed by atoms with E-state index in [9.17, 15) is 13.6 Å². The minimum atomic E-state index is -0.633. The number of hydrogen-bond acceptors (Lipinski definition) is 5. The number of fused-ring (bicyclic) bond motifs is 1. The van der Waals surface area contributed by atoms with Crippen LogP contribution in [0.3, 0.4) is 0 Å². The molecule has 4 rings (SSSR count). The van der Waals surface area contributed by atoms with E-state index in [-0.39, 0.29) is 18.5 Å². The van der Waals surface area contributed by atoms with Gasteiger partial charge in [0.2, 0.25) is 0 Å². The number of ether oxygens (including phenoxy) is 1. The van der Waals surface area contributed by atoms with Gasteiger partial charge in [0.05, 0.1) is 12.1 Å². The van der Waals surface area contributed by atoms with E-state index >= 15 is 0 Å². The molecule has 3 aromatic rings. The first kappa shape index (κ1) is 23.1. The molecule has 0 spiro atoms. The van der Waals surface area contributed by atoms with Crippen LogP contribution in [0.4, 0.5) is 14.6 Å². The van der Waals surface area contributed by atoms with Crippen LogP contribution in [-0.2, 0) is 17.8 Å². The molecule has 33 heavy (non-hydrogen) atoms. The molecular formula is C24H29F2N5O2. The summed E-state index contributed by atoms with van der Waals surface area (Å²) in [5.41, 5.74) is 3.57. The number of carbonyl (C=O) groups excluding carboxylic acids is 1. The van der Waals surface area contributed by atoms with Gasteiger partial charge in [0.15, 0.2) is 5.82 Å². The highest BCUT2D eigenvalue weighted by molar-refractivity contribution is 6.01. The molecule has 3 heterocycles. The van der Waals surface area contributed by atoms with E-state index in [2.05, 4.69) is 20.2 Å². The number of aromatic nitrogens is 2. The number of aryl methyl sites for hydroxylation is 1. The molecule has 1 amide bonds. The molecule has 0 unspecified atom stereocenters. The molecule has 0 saturated carbocycles. The lowest BCUT2D eigenvalue weighted by atomic mass is 10.1. The van der Waals surface area contributed by atoms with Crippen LogP contribution in [-0.4, -0.2) is 60.3 Å². The van der Waals surface area contributed by atoms with Gasteiger partial charge in [-0.2, -0.15) is 0 Å². The molecule has 7 nitrogen and oxygen atoms in total. The monoisotopic (exact) mass is 457 g/mol. The maximum Gasteiger partial charge on any atom is 0.272 e. The largest absolute Gasteiger partial charge is 0.383 e. The van der Waals surface area contributed by atoms with E-state index in [1.165, 1.54) is 12.1 Å². The van der Waals surface area contributed by atoms with Gasteiger partial charge >= 0.3 is 0 Å². The fourth-order valence-corrected chi connectivity index (χ4v) is 4.19. The Hall–Kier alpha value is -3.04. The zero-order valence-corrected chi connectivity index (χ0v) is 19.3. The zero-order valence-electron chi connectivity index (χ0n) is 19.3. The Morgan fingerprint density at radius 3 is 2.67 bits per heavy atom. The summed E-state index contributed by atoms with van der Waals surface area (Å²) in [6.45, 7) is 6.51. The number of anilines is 1. The van der Waals surface area contributed by atoms with Gasteiger partial charge in [-0.1, -0.05) is 6.07 Å². The smallest absolute Gasteiger partial charge is 0.272 e. The molecule has 1 aliphatic heterocycles. The number of amides is 1. The van der Waals surface area contributed by atoms with Crippen molar-refractivity contribution in [2.75, 3.05) is 39.2 Å². The van der Waals surface area contributed by atoms with E-state index in [1.807, 2.05) is 27.0 Å². The molecule has 176 valence electrons. The quantitative estimate of drug-likeness (QED) is 0.544. The molecule has 0 radical (unpaired) electrons. The Labute approximate surface area is 191 Å². The number of methoxy groups -OCH3 is 1. The Kier molecular flexibility index (Phi) is 6.62. The highest BCUT2D eigenvalue weighted by atomic mass is 19.1. The maximum absolute atomic E-state index is 14.2. The molecule has 1 aliphatic rings. The van der Waals surface area contributed by atoms with Gasteiger partial charge in [0.1, 0.15) is 17.3 Å². The van der Waals surface area contributed by atoms with Crippen molar-refractivity contribution in [3.63, 3.8) is 0 Å². The summed E-state index contributed by atoms with van der Waals surface area (Å²) in [7, 11) is 3.52. The molecule has 1 aromatic carbocycles. The second-order valence-corrected chi connectivity index (χ2v) is 8.39. The Bertz CT molecular complexity index is 1190. The van der Waals surface area contributed by atoms with E-state index < -0.39 is 11.6 Å². The van der Waals surface area contributed by atoms with E-state index in [4.69, 9.17) is 4.74 Å². The highest BCUT2D eigenvalue weighted by Gasteiger charge is 2.31. The number of rotatable bonds is 8. The van der Waals surface area contributed by atoms with Crippen molar-refractivity contribution in [1.82, 2.24) is 19.8 Å². The molecule has 0 bridgehead atoms. The number of likely N-dealkylation sites (N-methyl/N-ethyl adjacent to an activating group) is 1. The van der Waals surface area contributed by atoms with Crippen LogP contribution in [0, 0.1) is 25.5 Å². The standard InChI is InChI=1S/C24H29F2N5O2/c1-14-15(2)31(7-8-33-4)22-19(14)10-21(24(32)30-12-18(13-30)27-3)29-23(22)28-11-16-5-6-17(25)9-20(16)26/h5-6,9-10,18,27H,7-8,11-13H2,1-4H3,(H,28,29). The van der Waals surface area contributed by atoms with Crippen molar-refractivity contribution in [3.05, 3.63) is 58.4 Å². The van der Waals surface area contributed by atoms with Gasteiger partial charge in [-0.25, -0.2) is 13.8 Å². The molecule has 9 heteroatoms. The number of nitrogens with zero attached hydrogens (tertiary/aromatic N) is 3. The van der Waals surface area contributed by atoms with Crippen LogP contribution in [0.25, 0.3) is 10.9 Å². The van der Waals surface area contributed by atoms with Gasteiger partial charge in [-0.05, 0) is 38.6 Å². The van der Waals surface area contributed by atoms with Crippen LogP contribution in [0.2, 0.25) is 0 Å². The van der Waals surface area contributed by atoms with Gasteiger partial charge in [0.25, 0.3) is 5.91 Å². The average molecular weight is 458 g/mol. The minimum absolute atomic E-state index is 0.102. The lowest BCUT2D eigenvalue weighted by Crippen LogP contribution is -2.59. The molecule has 2 aromatic heterocycles. The van der Waals surface area contributed by atoms with Crippen LogP contribution < -0.4 is 10.6 Å². The number of benzene rings is 1. The first-order chi connectivity index (χ1) is 15.8. The summed E-state index contributed by atoms with van der Waals surface area (Å²) in [6, 6.07) is 5.61. The number of pyridine rings is 1. The summed E-state index contributed by atoms with van der Waals surface area (Å²) < 4.78 is 34.9. The first-order valence-corrected chi connectivity index (χ1v) is 11.0. The summed E-state index contributed by atoms with van der Waals surface area (Å²) >= 11 is 0. The fourth-order valence-electron chi connectivity index (χ4n) is 4.19. The van der Waals surface area contributed by atoms with E-state index in [0.29, 0.717) is 43.3 Å². The van der Waals surface area contributed by atoms with Gasteiger partial charge < -0.3 is 24.8 Å². The van der Waals surface area contributed by atoms with Crippen LogP contribution in [0.5, 0.6) is 0 Å². The van der Waals surface area contributed by atoms with E-state index in [1.54, 1.807) is 12.0 Å². The third-order valence-electron chi connectivity index (χ3n) is 6.39. The maximum atomic E-state index is 14.2. The fraction of sp³-hybridized carbons (Fsp3) is 0.417. The van der Waals surface area contributed by atoms with Crippen LogP contribution >= 0.6 is 0 Å². The predicted molar refractivity (Wildman–Crippen MR) is 124 cm³/mol. The van der Waals surface area contributed by atoms with Crippen molar-refractivity contribution in [1.29, 1.82) is 0 Å². The first-order valence-electron chi connectivity index (χ1n) is 11.0. The lowest BCUT2D eigenvalue weighted by Gasteiger charge is -2.38. The average Bonchev–Trinajstić information content (AvgIpc) is 3.00. The summed E-state index contributed by atoms with van der Waals surface area (Å²) in [5, 5.41) is 7.27. The van der Waals surface area contributed by atoms with Crippen molar-refractivity contribution < 1.29 is 18.3 Å². The van der Waals surface area contributed by atoms with E-state index in [0.717, 1.165) is 28.2 Å². The normalized spacial score (nSPS) is 14.1. The Morgan fingerprint density at radius 1 is 1.24 bits per heavy atom. The molecule has 0 aliphatic carbocycles. The zero-order chi connectivity index (χ0) is 23.7. The van der Waals surface area contributed by atoms with Crippen molar-refractivity contribution in [2.24, 2.45) is 0 Å². The molecule has 1 fully saturated rings. The van der Waals surface area contributed by atoms with Gasteiger partial charge in [0, 0.05) is 62.0 Å². The van der Waals surface area contributed by atoms with Gasteiger partial charge in [-0.15, -0.1) is 0 Å².